The lowest BCUT2D eigenvalue weighted by Crippen LogP contribution is -2.27. The molecule has 0 saturated heterocycles. The Bertz CT molecular complexity index is 676. The number of carboxylic acids is 1. The van der Waals surface area contributed by atoms with Crippen molar-refractivity contribution >= 4 is 22.8 Å². The van der Waals surface area contributed by atoms with Crippen LogP contribution in [0.3, 0.4) is 0 Å². The summed E-state index contributed by atoms with van der Waals surface area (Å²) in [7, 11) is 1.55. The van der Waals surface area contributed by atoms with Gasteiger partial charge in [-0.3, -0.25) is 4.79 Å². The quantitative estimate of drug-likeness (QED) is 0.814. The highest BCUT2D eigenvalue weighted by Crippen LogP contribution is 2.26. The van der Waals surface area contributed by atoms with Gasteiger partial charge in [-0.05, 0) is 30.2 Å². The Morgan fingerprint density at radius 3 is 2.76 bits per heavy atom. The number of nitrogens with one attached hydrogen (secondary N) is 2. The summed E-state index contributed by atoms with van der Waals surface area (Å²) < 4.78 is 5.16. The molecule has 1 aromatic heterocycles. The van der Waals surface area contributed by atoms with Crippen LogP contribution in [0, 0.1) is 0 Å². The standard InChI is InChI=1S/C15H18N2O4/c1-3-13(18)16-7-6-10-11-8-9(21-2)4-5-12(11)17-14(10)15(19)20/h4-5,8,17H,3,6-7H2,1-2H3,(H,16,18)(H,19,20)/p-1. The van der Waals surface area contributed by atoms with Gasteiger partial charge in [0.25, 0.3) is 0 Å². The highest BCUT2D eigenvalue weighted by Gasteiger charge is 2.13. The zero-order valence-electron chi connectivity index (χ0n) is 12.0. The largest absolute Gasteiger partial charge is 0.543 e. The lowest BCUT2D eigenvalue weighted by Gasteiger charge is -2.07. The van der Waals surface area contributed by atoms with E-state index in [1.165, 1.54) is 0 Å². The first kappa shape index (κ1) is 14.9. The number of carbonyl (C=O) groups excluding carboxylic acids is 2. The van der Waals surface area contributed by atoms with Gasteiger partial charge < -0.3 is 24.9 Å². The lowest BCUT2D eigenvalue weighted by atomic mass is 10.1. The van der Waals surface area contributed by atoms with Crippen molar-refractivity contribution in [2.75, 3.05) is 13.7 Å². The smallest absolute Gasteiger partial charge is 0.219 e. The van der Waals surface area contributed by atoms with E-state index in [1.54, 1.807) is 32.2 Å². The van der Waals surface area contributed by atoms with Crippen LogP contribution >= 0.6 is 0 Å². The minimum Gasteiger partial charge on any atom is -0.543 e. The molecule has 0 fully saturated rings. The fourth-order valence-electron chi connectivity index (χ4n) is 2.24. The molecule has 2 N–H and O–H groups in total. The summed E-state index contributed by atoms with van der Waals surface area (Å²) in [6.07, 6.45) is 0.803. The van der Waals surface area contributed by atoms with Crippen LogP contribution in [-0.2, 0) is 11.2 Å². The number of hydrogen-bond acceptors (Lipinski definition) is 4. The molecule has 0 unspecified atom stereocenters. The summed E-state index contributed by atoms with van der Waals surface area (Å²) in [6, 6.07) is 5.28. The molecule has 0 bridgehead atoms. The molecule has 0 saturated carbocycles. The average molecular weight is 289 g/mol. The van der Waals surface area contributed by atoms with Gasteiger partial charge in [-0.15, -0.1) is 0 Å². The van der Waals surface area contributed by atoms with Gasteiger partial charge in [0, 0.05) is 23.9 Å². The van der Waals surface area contributed by atoms with Gasteiger partial charge in [0.2, 0.25) is 5.91 Å². The molecular formula is C15H17N2O4-. The van der Waals surface area contributed by atoms with Crippen molar-refractivity contribution in [3.8, 4) is 5.75 Å². The molecule has 1 aromatic carbocycles. The molecule has 0 spiro atoms. The van der Waals surface area contributed by atoms with Gasteiger partial charge in [0.15, 0.2) is 0 Å². The predicted octanol–water partition coefficient (Wildman–Crippen LogP) is 0.609. The molecule has 6 nitrogen and oxygen atoms in total. The van der Waals surface area contributed by atoms with Crippen molar-refractivity contribution in [1.29, 1.82) is 0 Å². The minimum atomic E-state index is -1.26. The molecule has 1 heterocycles. The fraction of sp³-hybridized carbons (Fsp3) is 0.333. The molecule has 1 amide bonds. The summed E-state index contributed by atoms with van der Waals surface area (Å²) in [5.41, 5.74) is 1.36. The molecule has 6 heteroatoms. The van der Waals surface area contributed by atoms with Crippen LogP contribution in [0.2, 0.25) is 0 Å². The Labute approximate surface area is 122 Å². The zero-order valence-corrected chi connectivity index (χ0v) is 12.0. The molecule has 21 heavy (non-hydrogen) atoms. The van der Waals surface area contributed by atoms with Crippen LogP contribution in [0.25, 0.3) is 10.9 Å². The van der Waals surface area contributed by atoms with E-state index in [0.717, 1.165) is 5.39 Å². The van der Waals surface area contributed by atoms with Crippen LogP contribution < -0.4 is 15.2 Å². The minimum absolute atomic E-state index is 0.0454. The third kappa shape index (κ3) is 3.16. The predicted molar refractivity (Wildman–Crippen MR) is 76.2 cm³/mol. The van der Waals surface area contributed by atoms with Gasteiger partial charge in [-0.1, -0.05) is 6.92 Å². The van der Waals surface area contributed by atoms with Crippen LogP contribution in [0.5, 0.6) is 5.75 Å². The maximum Gasteiger partial charge on any atom is 0.219 e. The van der Waals surface area contributed by atoms with Crippen molar-refractivity contribution in [3.63, 3.8) is 0 Å². The SMILES string of the molecule is CCC(=O)NCCc1c(C(=O)[O-])[nH]c2ccc(OC)cc12. The first-order valence-electron chi connectivity index (χ1n) is 6.73. The highest BCUT2D eigenvalue weighted by molar-refractivity contribution is 5.97. The number of amides is 1. The molecular weight excluding hydrogens is 272 g/mol. The van der Waals surface area contributed by atoms with Crippen LogP contribution in [0.15, 0.2) is 18.2 Å². The molecule has 2 aromatic rings. The number of benzene rings is 1. The average Bonchev–Trinajstić information content (AvgIpc) is 2.85. The summed E-state index contributed by atoms with van der Waals surface area (Å²) in [6.45, 7) is 2.13. The third-order valence-corrected chi connectivity index (χ3v) is 3.34. The van der Waals surface area contributed by atoms with E-state index in [4.69, 9.17) is 4.74 Å². The van der Waals surface area contributed by atoms with E-state index in [-0.39, 0.29) is 11.6 Å². The van der Waals surface area contributed by atoms with E-state index >= 15 is 0 Å². The number of ether oxygens (including phenoxy) is 1. The molecule has 0 aliphatic heterocycles. The van der Waals surface area contributed by atoms with E-state index in [9.17, 15) is 14.7 Å². The normalized spacial score (nSPS) is 10.6. The molecule has 0 aliphatic carbocycles. The number of rotatable bonds is 6. The summed E-state index contributed by atoms with van der Waals surface area (Å²) in [5.74, 6) is -0.686. The number of hydrogen-bond donors (Lipinski definition) is 2. The first-order valence-corrected chi connectivity index (χ1v) is 6.73. The second-order valence-corrected chi connectivity index (χ2v) is 4.63. The fourth-order valence-corrected chi connectivity index (χ4v) is 2.24. The van der Waals surface area contributed by atoms with Gasteiger partial charge in [0.05, 0.1) is 18.8 Å². The van der Waals surface area contributed by atoms with Crippen molar-refractivity contribution in [2.45, 2.75) is 19.8 Å². The number of fused-ring (bicyclic) bond motifs is 1. The number of aromatic carboxylic acids is 1. The van der Waals surface area contributed by atoms with E-state index in [0.29, 0.717) is 36.2 Å². The second kappa shape index (κ2) is 6.30. The number of carboxylic acid groups (broad SMARTS) is 1. The Morgan fingerprint density at radius 2 is 2.14 bits per heavy atom. The highest BCUT2D eigenvalue weighted by atomic mass is 16.5. The van der Waals surface area contributed by atoms with Crippen molar-refractivity contribution in [1.82, 2.24) is 10.3 Å². The summed E-state index contributed by atoms with van der Waals surface area (Å²) >= 11 is 0. The Hall–Kier alpha value is -2.50. The maximum atomic E-state index is 11.3. The Balaban J connectivity index is 2.35. The monoisotopic (exact) mass is 289 g/mol. The van der Waals surface area contributed by atoms with Crippen LogP contribution in [0.1, 0.15) is 29.4 Å². The molecule has 2 rings (SSSR count). The van der Waals surface area contributed by atoms with Crippen molar-refractivity contribution in [3.05, 3.63) is 29.5 Å². The number of aromatic amines is 1. The van der Waals surface area contributed by atoms with Gasteiger partial charge >= 0.3 is 0 Å². The van der Waals surface area contributed by atoms with Crippen LogP contribution in [-0.4, -0.2) is 30.5 Å². The Kier molecular flexibility index (Phi) is 4.47. The topological polar surface area (TPSA) is 94.3 Å². The zero-order chi connectivity index (χ0) is 15.4. The summed E-state index contributed by atoms with van der Waals surface area (Å²) in [4.78, 5) is 25.3. The Morgan fingerprint density at radius 1 is 1.38 bits per heavy atom. The van der Waals surface area contributed by atoms with Gasteiger partial charge in [-0.25, -0.2) is 0 Å². The number of carbonyl (C=O) groups is 2. The third-order valence-electron chi connectivity index (χ3n) is 3.34. The summed E-state index contributed by atoms with van der Waals surface area (Å²) in [5, 5.41) is 14.7. The van der Waals surface area contributed by atoms with Gasteiger partial charge in [-0.2, -0.15) is 0 Å². The van der Waals surface area contributed by atoms with E-state index in [2.05, 4.69) is 10.3 Å². The molecule has 0 aliphatic rings. The van der Waals surface area contributed by atoms with Crippen LogP contribution in [0.4, 0.5) is 0 Å². The van der Waals surface area contributed by atoms with Crippen molar-refractivity contribution < 1.29 is 19.4 Å². The molecule has 0 radical (unpaired) electrons. The van der Waals surface area contributed by atoms with Gasteiger partial charge in [0.1, 0.15) is 5.75 Å². The second-order valence-electron chi connectivity index (χ2n) is 4.63. The first-order chi connectivity index (χ1) is 10.1. The van der Waals surface area contributed by atoms with Crippen molar-refractivity contribution in [2.24, 2.45) is 0 Å². The number of methoxy groups -OCH3 is 1. The number of aromatic nitrogens is 1. The molecule has 112 valence electrons. The number of H-pyrrole nitrogens is 1. The van der Waals surface area contributed by atoms with E-state index in [1.807, 2.05) is 0 Å². The van der Waals surface area contributed by atoms with E-state index < -0.39 is 5.97 Å². The molecule has 0 atom stereocenters. The lowest BCUT2D eigenvalue weighted by molar-refractivity contribution is -0.255. The maximum absolute atomic E-state index is 11.3.